The highest BCUT2D eigenvalue weighted by Gasteiger charge is 2.00. The Balaban J connectivity index is 2.37. The largest absolute Gasteiger partial charge is 0.298 e. The van der Waals surface area contributed by atoms with Gasteiger partial charge in [-0.1, -0.05) is 30.0 Å². The number of benzene rings is 2. The second kappa shape index (κ2) is 5.09. The predicted molar refractivity (Wildman–Crippen MR) is 64.2 cm³/mol. The van der Waals surface area contributed by atoms with E-state index in [0.717, 1.165) is 5.56 Å². The summed E-state index contributed by atoms with van der Waals surface area (Å²) in [5, 5.41) is 0. The van der Waals surface area contributed by atoms with Crippen LogP contribution in [-0.4, -0.2) is 6.29 Å². The van der Waals surface area contributed by atoms with Crippen molar-refractivity contribution in [2.24, 2.45) is 0 Å². The van der Waals surface area contributed by atoms with E-state index in [0.29, 0.717) is 11.8 Å². The topological polar surface area (TPSA) is 17.1 Å². The number of rotatable bonds is 1. The molecule has 17 heavy (non-hydrogen) atoms. The maximum absolute atomic E-state index is 12.9. The average Bonchev–Trinajstić information content (AvgIpc) is 2.38. The number of halogens is 1. The molecular formula is C15H9FO. The Labute approximate surface area is 98.9 Å². The van der Waals surface area contributed by atoms with Gasteiger partial charge in [0.15, 0.2) is 6.29 Å². The normalized spacial score (nSPS) is 9.24. The molecule has 0 saturated heterocycles. The molecule has 2 aromatic rings. The Bertz CT molecular complexity index is 591. The monoisotopic (exact) mass is 224 g/mol. The summed E-state index contributed by atoms with van der Waals surface area (Å²) in [6, 6.07) is 13.4. The Morgan fingerprint density at radius 3 is 2.47 bits per heavy atom. The maximum Gasteiger partial charge on any atom is 0.151 e. The highest BCUT2D eigenvalue weighted by molar-refractivity contribution is 5.79. The fraction of sp³-hybridized carbons (Fsp3) is 0. The lowest BCUT2D eigenvalue weighted by atomic mass is 10.1. The highest BCUT2D eigenvalue weighted by atomic mass is 19.1. The summed E-state index contributed by atoms with van der Waals surface area (Å²) in [5.41, 5.74) is 1.66. The van der Waals surface area contributed by atoms with Crippen LogP contribution in [0, 0.1) is 17.7 Å². The first kappa shape index (κ1) is 11.1. The minimum absolute atomic E-state index is 0.272. The Morgan fingerprint density at radius 1 is 1.00 bits per heavy atom. The molecule has 0 aliphatic heterocycles. The summed E-state index contributed by atoms with van der Waals surface area (Å²) in [6.07, 6.45) is 0.609. The van der Waals surface area contributed by atoms with Gasteiger partial charge in [-0.2, -0.15) is 0 Å². The van der Waals surface area contributed by atoms with Crippen LogP contribution in [-0.2, 0) is 0 Å². The molecule has 0 amide bonds. The Kier molecular flexibility index (Phi) is 3.32. The lowest BCUT2D eigenvalue weighted by Crippen LogP contribution is -1.88. The molecule has 0 aliphatic carbocycles. The number of carbonyl (C=O) groups excluding carboxylic acids is 1. The van der Waals surface area contributed by atoms with Crippen molar-refractivity contribution in [3.8, 4) is 11.8 Å². The number of hydrogen-bond donors (Lipinski definition) is 0. The molecule has 0 aromatic heterocycles. The van der Waals surface area contributed by atoms with Gasteiger partial charge in [0.1, 0.15) is 5.82 Å². The van der Waals surface area contributed by atoms with E-state index >= 15 is 0 Å². The second-order valence-corrected chi connectivity index (χ2v) is 3.47. The van der Waals surface area contributed by atoms with Crippen molar-refractivity contribution >= 4 is 6.29 Å². The molecule has 0 radical (unpaired) electrons. The van der Waals surface area contributed by atoms with E-state index in [1.54, 1.807) is 0 Å². The van der Waals surface area contributed by atoms with Gasteiger partial charge in [0.25, 0.3) is 0 Å². The highest BCUT2D eigenvalue weighted by Crippen LogP contribution is 2.08. The quantitative estimate of drug-likeness (QED) is 0.537. The molecule has 2 heteroatoms. The minimum Gasteiger partial charge on any atom is -0.298 e. The van der Waals surface area contributed by atoms with Gasteiger partial charge < -0.3 is 0 Å². The molecule has 2 aromatic carbocycles. The van der Waals surface area contributed by atoms with Crippen LogP contribution < -0.4 is 0 Å². The van der Waals surface area contributed by atoms with Crippen LogP contribution in [0.5, 0.6) is 0 Å². The van der Waals surface area contributed by atoms with Gasteiger partial charge >= 0.3 is 0 Å². The molecule has 0 saturated carbocycles. The smallest absolute Gasteiger partial charge is 0.151 e. The van der Waals surface area contributed by atoms with Gasteiger partial charge in [-0.15, -0.1) is 0 Å². The zero-order chi connectivity index (χ0) is 12.1. The minimum atomic E-state index is -0.433. The molecule has 0 unspecified atom stereocenters. The van der Waals surface area contributed by atoms with Crippen LogP contribution in [0.3, 0.4) is 0 Å². The van der Waals surface area contributed by atoms with Gasteiger partial charge in [0.05, 0.1) is 0 Å². The third-order valence-electron chi connectivity index (χ3n) is 2.26. The molecule has 0 aliphatic rings. The van der Waals surface area contributed by atoms with E-state index in [9.17, 15) is 9.18 Å². The van der Waals surface area contributed by atoms with E-state index in [1.807, 2.05) is 30.3 Å². The Morgan fingerprint density at radius 2 is 1.76 bits per heavy atom. The van der Waals surface area contributed by atoms with Crippen LogP contribution in [0.4, 0.5) is 4.39 Å². The molecule has 0 spiro atoms. The van der Waals surface area contributed by atoms with Crippen molar-refractivity contribution < 1.29 is 9.18 Å². The summed E-state index contributed by atoms with van der Waals surface area (Å²) >= 11 is 0. The van der Waals surface area contributed by atoms with Crippen LogP contribution in [0.2, 0.25) is 0 Å². The van der Waals surface area contributed by atoms with Crippen LogP contribution >= 0.6 is 0 Å². The first-order valence-corrected chi connectivity index (χ1v) is 5.11. The first-order chi connectivity index (χ1) is 8.29. The van der Waals surface area contributed by atoms with E-state index in [4.69, 9.17) is 0 Å². The number of aldehydes is 1. The van der Waals surface area contributed by atoms with Crippen LogP contribution in [0.15, 0.2) is 48.5 Å². The van der Waals surface area contributed by atoms with Crippen LogP contribution in [0.25, 0.3) is 0 Å². The van der Waals surface area contributed by atoms with E-state index in [1.165, 1.54) is 18.2 Å². The van der Waals surface area contributed by atoms with Crippen molar-refractivity contribution in [2.75, 3.05) is 0 Å². The number of carbonyl (C=O) groups is 1. The molecule has 0 atom stereocenters. The zero-order valence-corrected chi connectivity index (χ0v) is 8.98. The lowest BCUT2D eigenvalue weighted by Gasteiger charge is -1.96. The van der Waals surface area contributed by atoms with Crippen molar-refractivity contribution in [3.05, 3.63) is 71.0 Å². The first-order valence-electron chi connectivity index (χ1n) is 5.11. The van der Waals surface area contributed by atoms with Crippen molar-refractivity contribution in [1.82, 2.24) is 0 Å². The zero-order valence-electron chi connectivity index (χ0n) is 8.98. The van der Waals surface area contributed by atoms with Gasteiger partial charge in [-0.25, -0.2) is 4.39 Å². The molecule has 0 bridgehead atoms. The van der Waals surface area contributed by atoms with Gasteiger partial charge in [-0.3, -0.25) is 4.79 Å². The van der Waals surface area contributed by atoms with E-state index in [2.05, 4.69) is 11.8 Å². The SMILES string of the molecule is O=Cc1cc(F)ccc1C#Cc1ccccc1. The second-order valence-electron chi connectivity index (χ2n) is 3.47. The summed E-state index contributed by atoms with van der Waals surface area (Å²) in [4.78, 5) is 10.8. The van der Waals surface area contributed by atoms with Gasteiger partial charge in [0.2, 0.25) is 0 Å². The van der Waals surface area contributed by atoms with Gasteiger partial charge in [-0.05, 0) is 30.3 Å². The fourth-order valence-corrected chi connectivity index (χ4v) is 1.41. The van der Waals surface area contributed by atoms with Gasteiger partial charge in [0, 0.05) is 16.7 Å². The van der Waals surface area contributed by atoms with E-state index < -0.39 is 5.82 Å². The maximum atomic E-state index is 12.9. The third-order valence-corrected chi connectivity index (χ3v) is 2.26. The van der Waals surface area contributed by atoms with Crippen LogP contribution in [0.1, 0.15) is 21.5 Å². The Hall–Kier alpha value is -2.40. The number of hydrogen-bond acceptors (Lipinski definition) is 1. The molecule has 0 heterocycles. The summed E-state index contributed by atoms with van der Waals surface area (Å²) in [5.74, 6) is 5.35. The predicted octanol–water partition coefficient (Wildman–Crippen LogP) is 3.04. The van der Waals surface area contributed by atoms with Crippen molar-refractivity contribution in [1.29, 1.82) is 0 Å². The fourth-order valence-electron chi connectivity index (χ4n) is 1.41. The summed E-state index contributed by atoms with van der Waals surface area (Å²) in [7, 11) is 0. The standard InChI is InChI=1S/C15H9FO/c16-15-9-8-13(14(10-15)11-17)7-6-12-4-2-1-3-5-12/h1-5,8-11H. The van der Waals surface area contributed by atoms with Crippen molar-refractivity contribution in [2.45, 2.75) is 0 Å². The molecule has 2 rings (SSSR count). The summed E-state index contributed by atoms with van der Waals surface area (Å²) < 4.78 is 12.9. The molecule has 82 valence electrons. The molecule has 0 N–H and O–H groups in total. The molecule has 1 nitrogen and oxygen atoms in total. The molecular weight excluding hydrogens is 215 g/mol. The summed E-state index contributed by atoms with van der Waals surface area (Å²) in [6.45, 7) is 0. The van der Waals surface area contributed by atoms with Crippen molar-refractivity contribution in [3.63, 3.8) is 0 Å². The molecule has 0 fully saturated rings. The lowest BCUT2D eigenvalue weighted by molar-refractivity contribution is 0.112. The van der Waals surface area contributed by atoms with E-state index in [-0.39, 0.29) is 5.56 Å². The average molecular weight is 224 g/mol. The third kappa shape index (κ3) is 2.79.